The van der Waals surface area contributed by atoms with Gasteiger partial charge in [-0.3, -0.25) is 14.2 Å². The van der Waals surface area contributed by atoms with Crippen LogP contribution >= 0.6 is 11.3 Å². The summed E-state index contributed by atoms with van der Waals surface area (Å²) in [5.74, 6) is 0.532. The number of pyridine rings is 2. The van der Waals surface area contributed by atoms with Crippen LogP contribution in [0.4, 0.5) is 5.69 Å². The molecule has 9 nitrogen and oxygen atoms in total. The lowest BCUT2D eigenvalue weighted by molar-refractivity contribution is 0.0950. The van der Waals surface area contributed by atoms with E-state index in [1.165, 1.54) is 4.88 Å². The van der Waals surface area contributed by atoms with Gasteiger partial charge in [0.25, 0.3) is 5.91 Å². The van der Waals surface area contributed by atoms with Gasteiger partial charge in [0.15, 0.2) is 5.65 Å². The van der Waals surface area contributed by atoms with Crippen LogP contribution in [-0.2, 0) is 6.54 Å². The third-order valence-corrected chi connectivity index (χ3v) is 6.23. The molecule has 4 aromatic heterocycles. The Labute approximate surface area is 188 Å². The number of aryl methyl sites for hydroxylation is 2. The summed E-state index contributed by atoms with van der Waals surface area (Å²) in [6.07, 6.45) is 5.44. The highest BCUT2D eigenvalue weighted by Gasteiger charge is 2.23. The monoisotopic (exact) mass is 446 g/mol. The Morgan fingerprint density at radius 2 is 2.00 bits per heavy atom. The molecule has 5 heterocycles. The van der Waals surface area contributed by atoms with Crippen molar-refractivity contribution in [3.05, 3.63) is 70.6 Å². The Bertz CT molecular complexity index is 1340. The minimum Gasteiger partial charge on any atom is -0.348 e. The second-order valence-electron chi connectivity index (χ2n) is 7.57. The molecule has 0 spiro atoms. The highest BCUT2D eigenvalue weighted by molar-refractivity contribution is 7.15. The molecule has 1 amide bonds. The van der Waals surface area contributed by atoms with Crippen LogP contribution in [0.3, 0.4) is 0 Å². The number of nitrogens with one attached hydrogen (secondary N) is 3. The predicted octanol–water partition coefficient (Wildman–Crippen LogP) is 3.17. The minimum atomic E-state index is -0.183. The molecule has 0 bridgehead atoms. The first kappa shape index (κ1) is 20.2. The van der Waals surface area contributed by atoms with Gasteiger partial charge >= 0.3 is 0 Å². The van der Waals surface area contributed by atoms with E-state index in [-0.39, 0.29) is 5.91 Å². The quantitative estimate of drug-likeness (QED) is 0.436. The second-order valence-corrected chi connectivity index (χ2v) is 8.86. The number of hydrazine groups is 2. The number of imidazole rings is 1. The van der Waals surface area contributed by atoms with Gasteiger partial charge in [-0.05, 0) is 50.6 Å². The van der Waals surface area contributed by atoms with E-state index in [9.17, 15) is 4.79 Å². The summed E-state index contributed by atoms with van der Waals surface area (Å²) in [5.41, 5.74) is 10.5. The lowest BCUT2D eigenvalue weighted by atomic mass is 10.2. The van der Waals surface area contributed by atoms with E-state index in [1.54, 1.807) is 22.5 Å². The molecule has 0 saturated carbocycles. The standard InChI is InChI=1S/C22H22N8OS/c1-13-4-6-16(9-23-13)10-25-22(31)17-8-18(30-15(3)26-27-28-30)21-24-11-19(29(21)12-17)20-7-5-14(2)32-20/h4-9,11-12,27-28H,10H2,1-3H3,(H,25,31). The number of hydrogen-bond donors (Lipinski definition) is 3. The van der Waals surface area contributed by atoms with E-state index < -0.39 is 0 Å². The first-order chi connectivity index (χ1) is 15.5. The Morgan fingerprint density at radius 3 is 2.69 bits per heavy atom. The van der Waals surface area contributed by atoms with Gasteiger partial charge in [0.1, 0.15) is 11.5 Å². The number of carbonyl (C=O) groups excluding carboxylic acids is 1. The molecule has 162 valence electrons. The van der Waals surface area contributed by atoms with Crippen molar-refractivity contribution in [1.82, 2.24) is 30.8 Å². The number of nitrogens with zero attached hydrogens (tertiary/aromatic N) is 5. The van der Waals surface area contributed by atoms with Gasteiger partial charge in [0, 0.05) is 29.5 Å². The number of amides is 1. The maximum absolute atomic E-state index is 13.1. The van der Waals surface area contributed by atoms with Crippen molar-refractivity contribution in [2.24, 2.45) is 5.10 Å². The first-order valence-electron chi connectivity index (χ1n) is 10.1. The molecular formula is C22H22N8OS. The van der Waals surface area contributed by atoms with Gasteiger partial charge < -0.3 is 5.32 Å². The normalized spacial score (nSPS) is 13.3. The topological polar surface area (TPSA) is 99.0 Å². The summed E-state index contributed by atoms with van der Waals surface area (Å²) in [5, 5.41) is 8.93. The van der Waals surface area contributed by atoms with E-state index in [2.05, 4.69) is 50.5 Å². The molecule has 3 N–H and O–H groups in total. The van der Waals surface area contributed by atoms with Crippen LogP contribution in [0, 0.1) is 13.8 Å². The number of aromatic nitrogens is 3. The molecule has 0 unspecified atom stereocenters. The lowest BCUT2D eigenvalue weighted by Gasteiger charge is -2.19. The Kier molecular flexibility index (Phi) is 5.08. The second kappa shape index (κ2) is 8.06. The summed E-state index contributed by atoms with van der Waals surface area (Å²) >= 11 is 1.69. The minimum absolute atomic E-state index is 0.183. The fraction of sp³-hybridized carbons (Fsp3) is 0.182. The molecule has 32 heavy (non-hydrogen) atoms. The van der Waals surface area contributed by atoms with Gasteiger partial charge in [-0.1, -0.05) is 6.07 Å². The highest BCUT2D eigenvalue weighted by Crippen LogP contribution is 2.32. The van der Waals surface area contributed by atoms with E-state index >= 15 is 0 Å². The van der Waals surface area contributed by atoms with E-state index in [0.717, 1.165) is 33.2 Å². The van der Waals surface area contributed by atoms with Gasteiger partial charge in [-0.25, -0.2) is 15.5 Å². The number of anilines is 1. The molecule has 0 aliphatic carbocycles. The maximum Gasteiger partial charge on any atom is 0.253 e. The Balaban J connectivity index is 1.54. The number of hydrazone groups is 1. The number of rotatable bonds is 5. The zero-order chi connectivity index (χ0) is 22.2. The van der Waals surface area contributed by atoms with Gasteiger partial charge in [0.05, 0.1) is 22.3 Å². The van der Waals surface area contributed by atoms with Crippen LogP contribution in [0.5, 0.6) is 0 Å². The van der Waals surface area contributed by atoms with Crippen molar-refractivity contribution in [3.63, 3.8) is 0 Å². The summed E-state index contributed by atoms with van der Waals surface area (Å²) < 4.78 is 1.95. The third-order valence-electron chi connectivity index (χ3n) is 5.21. The van der Waals surface area contributed by atoms with Crippen molar-refractivity contribution in [2.45, 2.75) is 27.3 Å². The molecule has 0 radical (unpaired) electrons. The molecule has 0 fully saturated rings. The fourth-order valence-electron chi connectivity index (χ4n) is 3.52. The fourth-order valence-corrected chi connectivity index (χ4v) is 4.40. The number of fused-ring (bicyclic) bond motifs is 1. The van der Waals surface area contributed by atoms with E-state index in [1.807, 2.05) is 48.8 Å². The summed E-state index contributed by atoms with van der Waals surface area (Å²) in [7, 11) is 0. The molecule has 0 saturated heterocycles. The number of thiophene rings is 1. The van der Waals surface area contributed by atoms with Crippen molar-refractivity contribution < 1.29 is 4.79 Å². The van der Waals surface area contributed by atoms with Gasteiger partial charge in [-0.15, -0.1) is 22.0 Å². The molecule has 0 atom stereocenters. The average Bonchev–Trinajstić information content (AvgIpc) is 3.52. The predicted molar refractivity (Wildman–Crippen MR) is 125 cm³/mol. The summed E-state index contributed by atoms with van der Waals surface area (Å²) in [6, 6.07) is 9.86. The van der Waals surface area contributed by atoms with Crippen LogP contribution in [0.15, 0.2) is 54.0 Å². The number of amidine groups is 1. The highest BCUT2D eigenvalue weighted by atomic mass is 32.1. The summed E-state index contributed by atoms with van der Waals surface area (Å²) in [4.78, 5) is 24.3. The molecule has 4 aromatic rings. The van der Waals surface area contributed by atoms with Gasteiger partial charge in [0.2, 0.25) is 0 Å². The lowest BCUT2D eigenvalue weighted by Crippen LogP contribution is -2.40. The Morgan fingerprint density at radius 1 is 1.12 bits per heavy atom. The number of hydrogen-bond acceptors (Lipinski definition) is 8. The molecule has 1 aliphatic heterocycles. The number of carbonyl (C=O) groups is 1. The van der Waals surface area contributed by atoms with E-state index in [0.29, 0.717) is 17.9 Å². The Hall–Kier alpha value is -3.76. The van der Waals surface area contributed by atoms with Crippen molar-refractivity contribution in [3.8, 4) is 10.6 Å². The zero-order valence-corrected chi connectivity index (χ0v) is 18.7. The summed E-state index contributed by atoms with van der Waals surface area (Å²) in [6.45, 7) is 6.27. The van der Waals surface area contributed by atoms with Crippen LogP contribution in [0.25, 0.3) is 16.2 Å². The van der Waals surface area contributed by atoms with Crippen molar-refractivity contribution in [2.75, 3.05) is 5.01 Å². The molecular weight excluding hydrogens is 424 g/mol. The van der Waals surface area contributed by atoms with Crippen LogP contribution in [-0.4, -0.2) is 26.1 Å². The molecule has 10 heteroatoms. The maximum atomic E-state index is 13.1. The van der Waals surface area contributed by atoms with Crippen LogP contribution in [0.1, 0.15) is 33.4 Å². The van der Waals surface area contributed by atoms with Crippen molar-refractivity contribution in [1.29, 1.82) is 0 Å². The first-order valence-corrected chi connectivity index (χ1v) is 10.9. The largest absolute Gasteiger partial charge is 0.348 e. The third kappa shape index (κ3) is 3.70. The average molecular weight is 447 g/mol. The van der Waals surface area contributed by atoms with Crippen LogP contribution < -0.4 is 21.4 Å². The zero-order valence-electron chi connectivity index (χ0n) is 17.9. The SMILES string of the molecule is CC1=NNNN1c1cc(C(=O)NCc2ccc(C)nc2)cn2c(-c3ccc(C)s3)cnc12. The molecule has 1 aliphatic rings. The van der Waals surface area contributed by atoms with Crippen molar-refractivity contribution >= 4 is 34.4 Å². The molecule has 0 aromatic carbocycles. The smallest absolute Gasteiger partial charge is 0.253 e. The van der Waals surface area contributed by atoms with Gasteiger partial charge in [-0.2, -0.15) is 0 Å². The van der Waals surface area contributed by atoms with E-state index in [4.69, 9.17) is 0 Å². The van der Waals surface area contributed by atoms with Crippen LogP contribution in [0.2, 0.25) is 0 Å². The molecule has 5 rings (SSSR count).